The maximum Gasteiger partial charge on any atom is 0.182 e. The van der Waals surface area contributed by atoms with E-state index in [4.69, 9.17) is 0 Å². The van der Waals surface area contributed by atoms with E-state index in [9.17, 15) is 4.79 Å². The topological polar surface area (TPSA) is 59.0 Å². The van der Waals surface area contributed by atoms with Crippen LogP contribution in [0.15, 0.2) is 79.2 Å². The molecule has 0 spiro atoms. The van der Waals surface area contributed by atoms with E-state index in [1.54, 1.807) is 18.3 Å². The molecule has 3 heterocycles. The van der Waals surface area contributed by atoms with E-state index in [0.29, 0.717) is 0 Å². The fourth-order valence-corrected chi connectivity index (χ4v) is 3.69. The average molecular weight is 354 g/mol. The lowest BCUT2D eigenvalue weighted by molar-refractivity contribution is -0.116. The van der Waals surface area contributed by atoms with Crippen molar-refractivity contribution in [1.82, 2.24) is 9.55 Å². The van der Waals surface area contributed by atoms with Crippen LogP contribution in [0.1, 0.15) is 11.6 Å². The zero-order valence-electron chi connectivity index (χ0n) is 14.6. The fourth-order valence-electron chi connectivity index (χ4n) is 3.69. The highest BCUT2D eigenvalue weighted by atomic mass is 16.1. The van der Waals surface area contributed by atoms with E-state index in [1.165, 1.54) is 11.1 Å². The van der Waals surface area contributed by atoms with Gasteiger partial charge in [-0.3, -0.25) is 4.79 Å². The molecule has 0 bridgehead atoms. The summed E-state index contributed by atoms with van der Waals surface area (Å²) in [5.41, 5.74) is 4.43. The summed E-state index contributed by atoms with van der Waals surface area (Å²) < 4.78 is 1.96. The zero-order chi connectivity index (χ0) is 18.2. The lowest BCUT2D eigenvalue weighted by Gasteiger charge is -2.24. The van der Waals surface area contributed by atoms with Gasteiger partial charge in [-0.25, -0.2) is 4.98 Å². The molecule has 2 aromatic heterocycles. The summed E-state index contributed by atoms with van der Waals surface area (Å²) in [6.07, 6.45) is 10.9. The van der Waals surface area contributed by atoms with E-state index in [0.717, 1.165) is 29.4 Å². The summed E-state index contributed by atoms with van der Waals surface area (Å²) in [4.78, 5) is 16.8. The normalized spacial score (nSPS) is 17.2. The molecular weight excluding hydrogens is 336 g/mol. The van der Waals surface area contributed by atoms with Gasteiger partial charge >= 0.3 is 0 Å². The van der Waals surface area contributed by atoms with Crippen molar-refractivity contribution < 1.29 is 4.79 Å². The van der Waals surface area contributed by atoms with Gasteiger partial charge in [-0.15, -0.1) is 0 Å². The Kier molecular flexibility index (Phi) is 3.64. The number of hydrogen-bond donors (Lipinski definition) is 2. The first-order valence-corrected chi connectivity index (χ1v) is 8.95. The van der Waals surface area contributed by atoms with Gasteiger partial charge in [0.1, 0.15) is 17.7 Å². The number of fused-ring (bicyclic) bond motifs is 3. The Morgan fingerprint density at radius 1 is 1.11 bits per heavy atom. The van der Waals surface area contributed by atoms with E-state index in [2.05, 4.69) is 33.8 Å². The molecule has 2 aliphatic rings. The van der Waals surface area contributed by atoms with Gasteiger partial charge in [-0.1, -0.05) is 42.5 Å². The lowest BCUT2D eigenvalue weighted by atomic mass is 9.95. The van der Waals surface area contributed by atoms with Crippen molar-refractivity contribution in [2.75, 3.05) is 10.6 Å². The van der Waals surface area contributed by atoms with Crippen LogP contribution < -0.4 is 10.6 Å². The first-order valence-electron chi connectivity index (χ1n) is 8.95. The van der Waals surface area contributed by atoms with Gasteiger partial charge in [-0.2, -0.15) is 0 Å². The number of nitrogens with one attached hydrogen (secondary N) is 2. The minimum absolute atomic E-state index is 0.0699. The number of carbonyl (C=O) groups excluding carboxylic acids is 1. The summed E-state index contributed by atoms with van der Waals surface area (Å²) in [6, 6.07) is 13.9. The second-order valence-electron chi connectivity index (χ2n) is 6.61. The van der Waals surface area contributed by atoms with Gasteiger partial charge in [-0.05, 0) is 35.4 Å². The largest absolute Gasteiger partial charge is 0.365 e. The van der Waals surface area contributed by atoms with Crippen LogP contribution in [0.2, 0.25) is 0 Å². The molecule has 1 aromatic carbocycles. The first-order chi connectivity index (χ1) is 13.3. The Bertz CT molecular complexity index is 1090. The number of nitrogens with zero attached hydrogens (tertiary/aromatic N) is 2. The van der Waals surface area contributed by atoms with E-state index >= 15 is 0 Å². The Morgan fingerprint density at radius 3 is 2.96 bits per heavy atom. The molecule has 2 N–H and O–H groups in total. The molecule has 0 fully saturated rings. The number of carbonyl (C=O) groups is 1. The molecule has 1 aliphatic carbocycles. The highest BCUT2D eigenvalue weighted by molar-refractivity contribution is 5.96. The summed E-state index contributed by atoms with van der Waals surface area (Å²) in [6.45, 7) is 0.768. The molecule has 3 aromatic rings. The molecule has 1 unspecified atom stereocenters. The number of aromatic nitrogens is 2. The predicted octanol–water partition coefficient (Wildman–Crippen LogP) is 4.46. The molecule has 0 radical (unpaired) electrons. The third-order valence-electron chi connectivity index (χ3n) is 4.98. The highest BCUT2D eigenvalue weighted by Gasteiger charge is 2.22. The maximum atomic E-state index is 12.3. The van der Waals surface area contributed by atoms with Gasteiger partial charge in [0.2, 0.25) is 0 Å². The van der Waals surface area contributed by atoms with E-state index < -0.39 is 0 Å². The Morgan fingerprint density at radius 2 is 2.04 bits per heavy atom. The monoisotopic (exact) mass is 354 g/mol. The van der Waals surface area contributed by atoms with Crippen LogP contribution in [0.5, 0.6) is 0 Å². The van der Waals surface area contributed by atoms with Crippen molar-refractivity contribution in [3.63, 3.8) is 0 Å². The van der Waals surface area contributed by atoms with Gasteiger partial charge < -0.3 is 15.2 Å². The smallest absolute Gasteiger partial charge is 0.182 e. The van der Waals surface area contributed by atoms with Crippen LogP contribution in [0.4, 0.5) is 17.3 Å². The van der Waals surface area contributed by atoms with Crippen molar-refractivity contribution in [1.29, 1.82) is 0 Å². The van der Waals surface area contributed by atoms with Crippen molar-refractivity contribution in [2.45, 2.75) is 12.6 Å². The Balaban J connectivity index is 1.56. The van der Waals surface area contributed by atoms with Crippen LogP contribution in [-0.2, 0) is 11.3 Å². The molecule has 1 atom stereocenters. The molecule has 132 valence electrons. The summed E-state index contributed by atoms with van der Waals surface area (Å²) >= 11 is 0. The van der Waals surface area contributed by atoms with E-state index in [-0.39, 0.29) is 11.8 Å². The second-order valence-corrected chi connectivity index (χ2v) is 6.61. The minimum Gasteiger partial charge on any atom is -0.365 e. The second kappa shape index (κ2) is 6.29. The first kappa shape index (κ1) is 15.6. The number of ketones is 1. The molecule has 5 rings (SSSR count). The molecule has 5 nitrogen and oxygen atoms in total. The van der Waals surface area contributed by atoms with Crippen LogP contribution in [-0.4, -0.2) is 15.3 Å². The summed E-state index contributed by atoms with van der Waals surface area (Å²) in [5.74, 6) is 1.80. The third kappa shape index (κ3) is 2.64. The Labute approximate surface area is 157 Å². The number of hydrogen-bond acceptors (Lipinski definition) is 4. The number of benzene rings is 1. The quantitative estimate of drug-likeness (QED) is 0.729. The molecule has 0 amide bonds. The van der Waals surface area contributed by atoms with Gasteiger partial charge in [0, 0.05) is 24.5 Å². The molecule has 0 saturated heterocycles. The highest BCUT2D eigenvalue weighted by Crippen LogP contribution is 2.40. The van der Waals surface area contributed by atoms with Gasteiger partial charge in [0.25, 0.3) is 0 Å². The van der Waals surface area contributed by atoms with Crippen LogP contribution in [0.3, 0.4) is 0 Å². The minimum atomic E-state index is -0.324. The molecule has 0 saturated carbocycles. The predicted molar refractivity (Wildman–Crippen MR) is 107 cm³/mol. The lowest BCUT2D eigenvalue weighted by Crippen LogP contribution is -2.18. The van der Waals surface area contributed by atoms with Crippen molar-refractivity contribution in [3.8, 4) is 11.1 Å². The Hall–Kier alpha value is -3.60. The summed E-state index contributed by atoms with van der Waals surface area (Å²) in [7, 11) is 0. The van der Waals surface area contributed by atoms with Crippen molar-refractivity contribution >= 4 is 23.1 Å². The van der Waals surface area contributed by atoms with Crippen molar-refractivity contribution in [3.05, 3.63) is 84.7 Å². The fraction of sp³-hybridized carbons (Fsp3) is 0.0909. The molecule has 1 aliphatic heterocycles. The van der Waals surface area contributed by atoms with E-state index in [1.807, 2.05) is 47.2 Å². The van der Waals surface area contributed by atoms with Crippen LogP contribution in [0.25, 0.3) is 11.1 Å². The molecule has 27 heavy (non-hydrogen) atoms. The number of anilines is 3. The molecular formula is C22H18N4O. The number of allylic oxidation sites excluding steroid dienone is 4. The summed E-state index contributed by atoms with van der Waals surface area (Å²) in [5, 5.41) is 6.90. The van der Waals surface area contributed by atoms with Crippen LogP contribution >= 0.6 is 0 Å². The van der Waals surface area contributed by atoms with Gasteiger partial charge in [0.05, 0.1) is 5.69 Å². The third-order valence-corrected chi connectivity index (χ3v) is 4.98. The SMILES string of the molecule is O=C1C=CC=CC1n1cccc1Nc1ccnc2c1-c1ccccc1CN2. The zero-order valence-corrected chi connectivity index (χ0v) is 14.6. The van der Waals surface area contributed by atoms with Gasteiger partial charge in [0.15, 0.2) is 5.78 Å². The standard InChI is InChI=1S/C22H18N4O/c27-19-9-4-3-8-18(19)26-13-5-10-20(26)25-17-11-12-23-22-21(17)16-7-2-1-6-15(16)14-24-22/h1-13,18H,14H2,(H2,23,24,25). The van der Waals surface area contributed by atoms with Crippen molar-refractivity contribution in [2.24, 2.45) is 0 Å². The maximum absolute atomic E-state index is 12.3. The number of pyridine rings is 1. The average Bonchev–Trinajstić information content (AvgIpc) is 3.16. The molecule has 5 heteroatoms. The van der Waals surface area contributed by atoms with Crippen LogP contribution in [0, 0.1) is 0 Å². The number of rotatable bonds is 3.